The van der Waals surface area contributed by atoms with Gasteiger partial charge in [-0.05, 0) is 18.8 Å². The summed E-state index contributed by atoms with van der Waals surface area (Å²) in [7, 11) is 0. The molecule has 54 valence electrons. The van der Waals surface area contributed by atoms with Crippen LogP contribution in [0.25, 0.3) is 0 Å². The Balaban J connectivity index is 2.33. The lowest BCUT2D eigenvalue weighted by atomic mass is 10.0. The van der Waals surface area contributed by atoms with Crippen molar-refractivity contribution < 1.29 is 14.7 Å². The van der Waals surface area contributed by atoms with E-state index in [0.29, 0.717) is 12.8 Å². The van der Waals surface area contributed by atoms with Crippen molar-refractivity contribution >= 4 is 11.8 Å². The zero-order chi connectivity index (χ0) is 7.35. The number of Topliss-reactive ketones (excluding diaryl/α,β-unsaturated/α-hetero) is 1. The van der Waals surface area contributed by atoms with Crippen molar-refractivity contribution in [1.82, 2.24) is 0 Å². The standard InChI is InChI=1S/C7H8O3/c8-5-2-1-4-3-7(4,5)6(9)10/h4H,1-3H2,(H,9,10). The summed E-state index contributed by atoms with van der Waals surface area (Å²) in [6, 6.07) is 0. The molecule has 0 spiro atoms. The number of hydrogen-bond donors (Lipinski definition) is 1. The average Bonchev–Trinajstić information content (AvgIpc) is 2.52. The normalized spacial score (nSPS) is 43.2. The summed E-state index contributed by atoms with van der Waals surface area (Å²) in [4.78, 5) is 21.6. The van der Waals surface area contributed by atoms with E-state index in [0.717, 1.165) is 6.42 Å². The number of hydrogen-bond acceptors (Lipinski definition) is 2. The van der Waals surface area contributed by atoms with Crippen LogP contribution < -0.4 is 0 Å². The van der Waals surface area contributed by atoms with Crippen LogP contribution >= 0.6 is 0 Å². The van der Waals surface area contributed by atoms with E-state index >= 15 is 0 Å². The highest BCUT2D eigenvalue weighted by Gasteiger charge is 2.68. The fourth-order valence-electron chi connectivity index (χ4n) is 1.93. The minimum Gasteiger partial charge on any atom is -0.480 e. The van der Waals surface area contributed by atoms with Gasteiger partial charge in [-0.3, -0.25) is 9.59 Å². The van der Waals surface area contributed by atoms with E-state index in [1.54, 1.807) is 0 Å². The van der Waals surface area contributed by atoms with Crippen LogP contribution in [0, 0.1) is 11.3 Å². The molecule has 2 atom stereocenters. The smallest absolute Gasteiger partial charge is 0.317 e. The zero-order valence-electron chi connectivity index (χ0n) is 5.46. The van der Waals surface area contributed by atoms with Gasteiger partial charge >= 0.3 is 5.97 Å². The molecule has 0 amide bonds. The molecular formula is C7H8O3. The van der Waals surface area contributed by atoms with Gasteiger partial charge in [0, 0.05) is 6.42 Å². The molecule has 0 heterocycles. The first-order valence-electron chi connectivity index (χ1n) is 3.44. The van der Waals surface area contributed by atoms with Gasteiger partial charge in [-0.25, -0.2) is 0 Å². The number of aliphatic carboxylic acids is 1. The van der Waals surface area contributed by atoms with E-state index < -0.39 is 11.4 Å². The van der Waals surface area contributed by atoms with Gasteiger partial charge in [0.2, 0.25) is 0 Å². The van der Waals surface area contributed by atoms with Crippen LogP contribution in [0.1, 0.15) is 19.3 Å². The number of carboxylic acids is 1. The third kappa shape index (κ3) is 0.426. The molecule has 2 saturated carbocycles. The zero-order valence-corrected chi connectivity index (χ0v) is 5.46. The Bertz CT molecular complexity index is 221. The average molecular weight is 140 g/mol. The van der Waals surface area contributed by atoms with Crippen LogP contribution in [0.15, 0.2) is 0 Å². The van der Waals surface area contributed by atoms with Crippen LogP contribution in [-0.4, -0.2) is 16.9 Å². The maximum atomic E-state index is 11.0. The van der Waals surface area contributed by atoms with E-state index in [-0.39, 0.29) is 11.7 Å². The molecule has 0 aliphatic heterocycles. The summed E-state index contributed by atoms with van der Waals surface area (Å²) < 4.78 is 0. The molecule has 0 aromatic carbocycles. The van der Waals surface area contributed by atoms with E-state index in [1.165, 1.54) is 0 Å². The molecule has 0 aromatic rings. The highest BCUT2D eigenvalue weighted by atomic mass is 16.4. The number of carbonyl (C=O) groups is 2. The number of fused-ring (bicyclic) bond motifs is 1. The highest BCUT2D eigenvalue weighted by molar-refractivity contribution is 6.08. The second-order valence-corrected chi connectivity index (χ2v) is 3.14. The van der Waals surface area contributed by atoms with E-state index in [9.17, 15) is 9.59 Å². The van der Waals surface area contributed by atoms with Gasteiger partial charge in [0.15, 0.2) is 0 Å². The maximum absolute atomic E-state index is 11.0. The molecule has 0 aromatic heterocycles. The largest absolute Gasteiger partial charge is 0.480 e. The minimum atomic E-state index is -0.903. The van der Waals surface area contributed by atoms with Crippen LogP contribution in [0.4, 0.5) is 0 Å². The number of rotatable bonds is 1. The van der Waals surface area contributed by atoms with Crippen LogP contribution in [0.5, 0.6) is 0 Å². The second kappa shape index (κ2) is 1.41. The highest BCUT2D eigenvalue weighted by Crippen LogP contribution is 2.61. The Kier molecular flexibility index (Phi) is 0.832. The Hall–Kier alpha value is -0.860. The van der Waals surface area contributed by atoms with Gasteiger partial charge < -0.3 is 5.11 Å². The first-order chi connectivity index (χ1) is 4.68. The predicted molar refractivity (Wildman–Crippen MR) is 32.4 cm³/mol. The van der Waals surface area contributed by atoms with Crippen LogP contribution in [-0.2, 0) is 9.59 Å². The summed E-state index contributed by atoms with van der Waals surface area (Å²) in [5.41, 5.74) is -0.903. The van der Waals surface area contributed by atoms with Gasteiger partial charge in [-0.2, -0.15) is 0 Å². The lowest BCUT2D eigenvalue weighted by molar-refractivity contribution is -0.147. The van der Waals surface area contributed by atoms with Crippen molar-refractivity contribution in [2.75, 3.05) is 0 Å². The van der Waals surface area contributed by atoms with Crippen LogP contribution in [0.2, 0.25) is 0 Å². The van der Waals surface area contributed by atoms with Crippen molar-refractivity contribution in [3.05, 3.63) is 0 Å². The molecule has 0 bridgehead atoms. The predicted octanol–water partition coefficient (Wildman–Crippen LogP) is 0.440. The SMILES string of the molecule is O=C(O)C12CC1CCC2=O. The summed E-state index contributed by atoms with van der Waals surface area (Å²) >= 11 is 0. The second-order valence-electron chi connectivity index (χ2n) is 3.14. The van der Waals surface area contributed by atoms with Crippen molar-refractivity contribution in [1.29, 1.82) is 0 Å². The molecule has 2 aliphatic carbocycles. The molecule has 3 nitrogen and oxygen atoms in total. The van der Waals surface area contributed by atoms with Crippen molar-refractivity contribution in [3.8, 4) is 0 Å². The third-order valence-corrected chi connectivity index (χ3v) is 2.70. The van der Waals surface area contributed by atoms with Gasteiger partial charge in [0.05, 0.1) is 0 Å². The summed E-state index contributed by atoms with van der Waals surface area (Å²) in [6.45, 7) is 0. The van der Waals surface area contributed by atoms with Gasteiger partial charge in [-0.1, -0.05) is 0 Å². The van der Waals surface area contributed by atoms with Gasteiger partial charge in [0.25, 0.3) is 0 Å². The first kappa shape index (κ1) is 5.89. The third-order valence-electron chi connectivity index (χ3n) is 2.70. The van der Waals surface area contributed by atoms with Crippen molar-refractivity contribution in [2.24, 2.45) is 11.3 Å². The number of ketones is 1. The van der Waals surface area contributed by atoms with Crippen LogP contribution in [0.3, 0.4) is 0 Å². The topological polar surface area (TPSA) is 54.4 Å². The quantitative estimate of drug-likeness (QED) is 0.537. The van der Waals surface area contributed by atoms with Crippen molar-refractivity contribution in [2.45, 2.75) is 19.3 Å². The Morgan fingerprint density at radius 2 is 2.40 bits per heavy atom. The fourth-order valence-corrected chi connectivity index (χ4v) is 1.93. The van der Waals surface area contributed by atoms with Gasteiger partial charge in [-0.15, -0.1) is 0 Å². The molecule has 2 unspecified atom stereocenters. The molecule has 10 heavy (non-hydrogen) atoms. The Morgan fingerprint density at radius 1 is 1.70 bits per heavy atom. The lowest BCUT2D eigenvalue weighted by Gasteiger charge is -2.00. The fraction of sp³-hybridized carbons (Fsp3) is 0.714. The van der Waals surface area contributed by atoms with Crippen molar-refractivity contribution in [3.63, 3.8) is 0 Å². The first-order valence-corrected chi connectivity index (χ1v) is 3.44. The summed E-state index contributed by atoms with van der Waals surface area (Å²) in [5, 5.41) is 8.66. The molecule has 2 fully saturated rings. The molecule has 0 saturated heterocycles. The number of carboxylic acid groups (broad SMARTS) is 1. The molecule has 1 N–H and O–H groups in total. The van der Waals surface area contributed by atoms with E-state index in [4.69, 9.17) is 5.11 Å². The molecular weight excluding hydrogens is 132 g/mol. The maximum Gasteiger partial charge on any atom is 0.317 e. The Morgan fingerprint density at radius 3 is 2.60 bits per heavy atom. The minimum absolute atomic E-state index is 0.0509. The van der Waals surface area contributed by atoms with Gasteiger partial charge in [0.1, 0.15) is 11.2 Å². The number of carbonyl (C=O) groups excluding carboxylic acids is 1. The Labute approximate surface area is 58.0 Å². The molecule has 2 rings (SSSR count). The van der Waals surface area contributed by atoms with E-state index in [1.807, 2.05) is 0 Å². The monoisotopic (exact) mass is 140 g/mol. The summed E-state index contributed by atoms with van der Waals surface area (Å²) in [5.74, 6) is -0.775. The summed E-state index contributed by atoms with van der Waals surface area (Å²) in [6.07, 6.45) is 1.88. The van der Waals surface area contributed by atoms with E-state index in [2.05, 4.69) is 0 Å². The molecule has 3 heteroatoms. The molecule has 2 aliphatic rings. The lowest BCUT2D eigenvalue weighted by Crippen LogP contribution is -2.22. The molecule has 0 radical (unpaired) electrons.